The highest BCUT2D eigenvalue weighted by molar-refractivity contribution is 7.85. The lowest BCUT2D eigenvalue weighted by Gasteiger charge is -2.02. The van der Waals surface area contributed by atoms with Gasteiger partial charge in [-0.1, -0.05) is 23.2 Å². The molecule has 0 saturated carbocycles. The van der Waals surface area contributed by atoms with Gasteiger partial charge in [-0.05, 0) is 30.3 Å². The van der Waals surface area contributed by atoms with Crippen molar-refractivity contribution in [2.24, 2.45) is 5.10 Å². The molecule has 7 nitrogen and oxygen atoms in total. The van der Waals surface area contributed by atoms with Crippen molar-refractivity contribution in [1.29, 1.82) is 0 Å². The lowest BCUT2D eigenvalue weighted by atomic mass is 10.2. The molecule has 1 heterocycles. The number of hydrazone groups is 1. The smallest absolute Gasteiger partial charge is 0.272 e. The third-order valence-corrected chi connectivity index (χ3v) is 3.64. The standard InChI is InChI=1S/C12H8Cl2N2O5S/c13-7-1-3-9(10(14)5-7)12(17)16-15-6-8-2-4-11(21-8)22(18,19)20/h1-6H,(H,16,17)(H,18,19,20)/p-1. The summed E-state index contributed by atoms with van der Waals surface area (Å²) in [5, 5.41) is 3.37. The summed E-state index contributed by atoms with van der Waals surface area (Å²) in [6, 6.07) is 6.52. The molecular formula is C12H7Cl2N2O5S-. The summed E-state index contributed by atoms with van der Waals surface area (Å²) in [4.78, 5) is 11.8. The van der Waals surface area contributed by atoms with Gasteiger partial charge in [-0.25, -0.2) is 13.8 Å². The van der Waals surface area contributed by atoms with E-state index < -0.39 is 21.1 Å². The first-order valence-corrected chi connectivity index (χ1v) is 7.78. The zero-order chi connectivity index (χ0) is 16.3. The molecule has 22 heavy (non-hydrogen) atoms. The fourth-order valence-corrected chi connectivity index (χ4v) is 2.35. The summed E-state index contributed by atoms with van der Waals surface area (Å²) >= 11 is 11.6. The molecule has 0 aliphatic rings. The van der Waals surface area contributed by atoms with E-state index in [1.807, 2.05) is 0 Å². The summed E-state index contributed by atoms with van der Waals surface area (Å²) < 4.78 is 36.8. The molecule has 0 bridgehead atoms. The van der Waals surface area contributed by atoms with Crippen molar-refractivity contribution >= 4 is 45.4 Å². The molecule has 0 radical (unpaired) electrons. The highest BCUT2D eigenvalue weighted by atomic mass is 35.5. The van der Waals surface area contributed by atoms with Crippen LogP contribution in [-0.2, 0) is 10.1 Å². The highest BCUT2D eigenvalue weighted by Gasteiger charge is 2.10. The molecule has 1 N–H and O–H groups in total. The Bertz CT molecular complexity index is 845. The van der Waals surface area contributed by atoms with Gasteiger partial charge in [-0.15, -0.1) is 0 Å². The SMILES string of the molecule is O=C(NN=Cc1ccc(S(=O)(=O)[O-])o1)c1ccc(Cl)cc1Cl. The van der Waals surface area contributed by atoms with Gasteiger partial charge in [-0.2, -0.15) is 5.10 Å². The lowest BCUT2D eigenvalue weighted by molar-refractivity contribution is 0.0955. The number of halogens is 2. The van der Waals surface area contributed by atoms with Gasteiger partial charge in [0.2, 0.25) is 5.09 Å². The van der Waals surface area contributed by atoms with Crippen LogP contribution in [0.15, 0.2) is 44.9 Å². The first-order valence-electron chi connectivity index (χ1n) is 5.61. The summed E-state index contributed by atoms with van der Waals surface area (Å²) in [6.07, 6.45) is 1.04. The molecule has 2 aromatic rings. The molecule has 1 amide bonds. The Morgan fingerprint density at radius 2 is 2.00 bits per heavy atom. The number of nitrogens with one attached hydrogen (secondary N) is 1. The van der Waals surface area contributed by atoms with Crippen molar-refractivity contribution in [2.75, 3.05) is 0 Å². The van der Waals surface area contributed by atoms with E-state index in [1.54, 1.807) is 0 Å². The van der Waals surface area contributed by atoms with Crippen LogP contribution in [0.3, 0.4) is 0 Å². The maximum absolute atomic E-state index is 11.8. The number of rotatable bonds is 4. The Balaban J connectivity index is 2.06. The maximum atomic E-state index is 11.8. The van der Waals surface area contributed by atoms with Crippen LogP contribution in [-0.4, -0.2) is 25.1 Å². The first-order chi connectivity index (χ1) is 10.3. The molecule has 0 unspecified atom stereocenters. The molecule has 0 aliphatic carbocycles. The fourth-order valence-electron chi connectivity index (χ4n) is 1.43. The van der Waals surface area contributed by atoms with Crippen LogP contribution in [0.25, 0.3) is 0 Å². The molecule has 1 aromatic carbocycles. The van der Waals surface area contributed by atoms with Gasteiger partial charge < -0.3 is 8.97 Å². The number of carbonyl (C=O) groups is 1. The number of benzene rings is 1. The Hall–Kier alpha value is -1.87. The fraction of sp³-hybridized carbons (Fsp3) is 0. The Morgan fingerprint density at radius 1 is 1.27 bits per heavy atom. The molecule has 2 rings (SSSR count). The zero-order valence-electron chi connectivity index (χ0n) is 10.6. The van der Waals surface area contributed by atoms with Gasteiger partial charge in [0, 0.05) is 5.02 Å². The van der Waals surface area contributed by atoms with Crippen LogP contribution >= 0.6 is 23.2 Å². The van der Waals surface area contributed by atoms with Crippen LogP contribution in [0.2, 0.25) is 10.0 Å². The molecule has 0 spiro atoms. The molecule has 0 atom stereocenters. The second-order valence-electron chi connectivity index (χ2n) is 3.93. The molecular weight excluding hydrogens is 355 g/mol. The summed E-state index contributed by atoms with van der Waals surface area (Å²) in [7, 11) is -4.67. The Kier molecular flexibility index (Phi) is 4.87. The van der Waals surface area contributed by atoms with Gasteiger partial charge in [-0.3, -0.25) is 4.79 Å². The molecule has 1 aromatic heterocycles. The van der Waals surface area contributed by atoms with E-state index in [-0.39, 0.29) is 16.3 Å². The average Bonchev–Trinajstić information content (AvgIpc) is 2.87. The first kappa shape index (κ1) is 16.5. The predicted octanol–water partition coefficient (Wildman–Crippen LogP) is 2.25. The topological polar surface area (TPSA) is 112 Å². The van der Waals surface area contributed by atoms with Crippen LogP contribution < -0.4 is 5.43 Å². The third-order valence-electron chi connectivity index (χ3n) is 2.38. The number of hydrogen-bond acceptors (Lipinski definition) is 6. The summed E-state index contributed by atoms with van der Waals surface area (Å²) in [5.41, 5.74) is 2.33. The quantitative estimate of drug-likeness (QED) is 0.509. The second kappa shape index (κ2) is 6.49. The number of nitrogens with zero attached hydrogens (tertiary/aromatic N) is 1. The minimum atomic E-state index is -4.67. The molecule has 0 saturated heterocycles. The molecule has 0 aliphatic heterocycles. The van der Waals surface area contributed by atoms with E-state index in [0.717, 1.165) is 12.3 Å². The van der Waals surface area contributed by atoms with Gasteiger partial charge in [0.25, 0.3) is 5.91 Å². The monoisotopic (exact) mass is 361 g/mol. The van der Waals surface area contributed by atoms with Crippen LogP contribution in [0.1, 0.15) is 16.1 Å². The van der Waals surface area contributed by atoms with Crippen LogP contribution in [0, 0.1) is 0 Å². The number of amides is 1. The number of hydrogen-bond donors (Lipinski definition) is 1. The van der Waals surface area contributed by atoms with E-state index in [1.165, 1.54) is 24.3 Å². The van der Waals surface area contributed by atoms with Crippen molar-refractivity contribution in [1.82, 2.24) is 5.43 Å². The minimum absolute atomic E-state index is 0.0167. The maximum Gasteiger partial charge on any atom is 0.272 e. The molecule has 116 valence electrons. The van der Waals surface area contributed by atoms with E-state index in [0.29, 0.717) is 5.02 Å². The van der Waals surface area contributed by atoms with Gasteiger partial charge in [0.15, 0.2) is 10.1 Å². The van der Waals surface area contributed by atoms with E-state index >= 15 is 0 Å². The summed E-state index contributed by atoms with van der Waals surface area (Å²) in [5.74, 6) is -0.613. The summed E-state index contributed by atoms with van der Waals surface area (Å²) in [6.45, 7) is 0. The van der Waals surface area contributed by atoms with E-state index in [9.17, 15) is 17.8 Å². The van der Waals surface area contributed by atoms with Crippen molar-refractivity contribution in [3.63, 3.8) is 0 Å². The lowest BCUT2D eigenvalue weighted by Crippen LogP contribution is -2.17. The highest BCUT2D eigenvalue weighted by Crippen LogP contribution is 2.20. The van der Waals surface area contributed by atoms with E-state index in [2.05, 4.69) is 10.5 Å². The van der Waals surface area contributed by atoms with Gasteiger partial charge in [0.05, 0.1) is 16.8 Å². The largest absolute Gasteiger partial charge is 0.742 e. The normalized spacial score (nSPS) is 11.8. The van der Waals surface area contributed by atoms with Crippen molar-refractivity contribution in [2.45, 2.75) is 5.09 Å². The van der Waals surface area contributed by atoms with Crippen molar-refractivity contribution in [3.05, 3.63) is 51.7 Å². The Morgan fingerprint density at radius 3 is 2.59 bits per heavy atom. The van der Waals surface area contributed by atoms with Crippen LogP contribution in [0.5, 0.6) is 0 Å². The second-order valence-corrected chi connectivity index (χ2v) is 6.09. The predicted molar refractivity (Wildman–Crippen MR) is 78.2 cm³/mol. The van der Waals surface area contributed by atoms with Crippen LogP contribution in [0.4, 0.5) is 0 Å². The van der Waals surface area contributed by atoms with Gasteiger partial charge in [0.1, 0.15) is 5.76 Å². The van der Waals surface area contributed by atoms with Crippen molar-refractivity contribution in [3.8, 4) is 0 Å². The number of carbonyl (C=O) groups excluding carboxylic acids is 1. The number of furan rings is 1. The third kappa shape index (κ3) is 4.08. The van der Waals surface area contributed by atoms with E-state index in [4.69, 9.17) is 27.6 Å². The zero-order valence-corrected chi connectivity index (χ0v) is 12.9. The average molecular weight is 362 g/mol. The van der Waals surface area contributed by atoms with Gasteiger partial charge >= 0.3 is 0 Å². The molecule has 0 fully saturated rings. The minimum Gasteiger partial charge on any atom is -0.742 e. The molecule has 10 heteroatoms. The van der Waals surface area contributed by atoms with Crippen molar-refractivity contribution < 1.29 is 22.2 Å². The Labute approximate surface area is 135 Å².